The van der Waals surface area contributed by atoms with Gasteiger partial charge >= 0.3 is 6.18 Å². The summed E-state index contributed by atoms with van der Waals surface area (Å²) in [6.45, 7) is 9.36. The molecule has 2 aromatic heterocycles. The van der Waals surface area contributed by atoms with Crippen LogP contribution in [0.2, 0.25) is 0 Å². The van der Waals surface area contributed by atoms with E-state index in [1.807, 2.05) is 26.8 Å². The lowest BCUT2D eigenvalue weighted by Gasteiger charge is -2.20. The fraction of sp³-hybridized carbons (Fsp3) is 0.200. The standard InChI is InChI=1S/C25H24F3N3OS/c1-5-7-11-17(6-2)29-21-15-20(32)23-19(25(26,27)28)14-22(33-16(3)4)30-24(23)31(21)18-12-9-8-10-13-18/h5-16,29H,2H2,1,3-4H3/b7-5-,17-11+. The lowest BCUT2D eigenvalue weighted by atomic mass is 10.1. The highest BCUT2D eigenvalue weighted by Gasteiger charge is 2.35. The first kappa shape index (κ1) is 24.4. The van der Waals surface area contributed by atoms with E-state index in [0.717, 1.165) is 12.1 Å². The maximum atomic E-state index is 14.0. The Labute approximate surface area is 194 Å². The molecule has 1 aromatic carbocycles. The average Bonchev–Trinajstić information content (AvgIpc) is 2.75. The van der Waals surface area contributed by atoms with Crippen molar-refractivity contribution in [3.8, 4) is 5.69 Å². The molecule has 0 aliphatic heterocycles. The summed E-state index contributed by atoms with van der Waals surface area (Å²) in [5, 5.41) is 2.84. The first-order valence-corrected chi connectivity index (χ1v) is 11.2. The normalized spacial score (nSPS) is 12.6. The number of pyridine rings is 2. The van der Waals surface area contributed by atoms with Crippen LogP contribution in [-0.2, 0) is 6.18 Å². The number of benzene rings is 1. The third-order valence-electron chi connectivity index (χ3n) is 4.58. The van der Waals surface area contributed by atoms with Crippen molar-refractivity contribution >= 4 is 28.6 Å². The average molecular weight is 472 g/mol. The van der Waals surface area contributed by atoms with E-state index in [-0.39, 0.29) is 21.7 Å². The quantitative estimate of drug-likeness (QED) is 0.299. The molecular weight excluding hydrogens is 447 g/mol. The van der Waals surface area contributed by atoms with Crippen LogP contribution in [0.5, 0.6) is 0 Å². The number of fused-ring (bicyclic) bond motifs is 1. The molecule has 0 saturated heterocycles. The lowest BCUT2D eigenvalue weighted by Crippen LogP contribution is -2.19. The SMILES string of the molecule is C=C/C(=C\C=C/C)Nc1cc(=O)c2c(C(F)(F)F)cc(SC(C)C)nc2n1-c1ccccc1. The van der Waals surface area contributed by atoms with E-state index in [2.05, 4.69) is 16.9 Å². The number of alkyl halides is 3. The predicted octanol–water partition coefficient (Wildman–Crippen LogP) is 6.96. The van der Waals surface area contributed by atoms with Gasteiger partial charge in [0.15, 0.2) is 11.1 Å². The number of hydrogen-bond acceptors (Lipinski definition) is 4. The van der Waals surface area contributed by atoms with Crippen LogP contribution < -0.4 is 10.7 Å². The molecular formula is C25H24F3N3OS. The lowest BCUT2D eigenvalue weighted by molar-refractivity contribution is -0.136. The largest absolute Gasteiger partial charge is 0.417 e. The zero-order valence-corrected chi connectivity index (χ0v) is 19.3. The van der Waals surface area contributed by atoms with Gasteiger partial charge in [-0.3, -0.25) is 9.36 Å². The minimum absolute atomic E-state index is 0.00497. The van der Waals surface area contributed by atoms with Gasteiger partial charge in [-0.2, -0.15) is 13.2 Å². The first-order chi connectivity index (χ1) is 15.7. The number of nitrogens with zero attached hydrogens (tertiary/aromatic N) is 2. The van der Waals surface area contributed by atoms with Crippen LogP contribution in [0, 0.1) is 0 Å². The van der Waals surface area contributed by atoms with Crippen LogP contribution in [0.4, 0.5) is 19.0 Å². The molecule has 0 atom stereocenters. The molecule has 172 valence electrons. The highest BCUT2D eigenvalue weighted by molar-refractivity contribution is 7.99. The van der Waals surface area contributed by atoms with Gasteiger partial charge in [0.1, 0.15) is 5.82 Å². The second kappa shape index (κ2) is 10.1. The highest BCUT2D eigenvalue weighted by Crippen LogP contribution is 2.37. The van der Waals surface area contributed by atoms with Gasteiger partial charge in [0.2, 0.25) is 0 Å². The molecule has 0 aliphatic rings. The van der Waals surface area contributed by atoms with Gasteiger partial charge in [0, 0.05) is 22.7 Å². The van der Waals surface area contributed by atoms with Crippen molar-refractivity contribution in [1.82, 2.24) is 9.55 Å². The number of allylic oxidation sites excluding steroid dienone is 4. The molecule has 0 amide bonds. The van der Waals surface area contributed by atoms with Crippen molar-refractivity contribution in [2.24, 2.45) is 0 Å². The van der Waals surface area contributed by atoms with Crippen molar-refractivity contribution < 1.29 is 13.2 Å². The maximum Gasteiger partial charge on any atom is 0.417 e. The van der Waals surface area contributed by atoms with Crippen LogP contribution in [0.1, 0.15) is 26.3 Å². The molecule has 3 aromatic rings. The maximum absolute atomic E-state index is 14.0. The van der Waals surface area contributed by atoms with E-state index in [0.29, 0.717) is 11.4 Å². The van der Waals surface area contributed by atoms with Gasteiger partial charge < -0.3 is 5.32 Å². The summed E-state index contributed by atoms with van der Waals surface area (Å²) in [6, 6.07) is 10.9. The zero-order chi connectivity index (χ0) is 24.2. The van der Waals surface area contributed by atoms with Gasteiger partial charge in [-0.1, -0.05) is 50.8 Å². The third kappa shape index (κ3) is 5.57. The van der Waals surface area contributed by atoms with E-state index < -0.39 is 22.6 Å². The molecule has 8 heteroatoms. The van der Waals surface area contributed by atoms with E-state index in [1.54, 1.807) is 48.6 Å². The second-order valence-electron chi connectivity index (χ2n) is 7.41. The molecule has 0 bridgehead atoms. The summed E-state index contributed by atoms with van der Waals surface area (Å²) in [5.41, 5.74) is -0.698. The number of hydrogen-bond donors (Lipinski definition) is 1. The summed E-state index contributed by atoms with van der Waals surface area (Å²) in [4.78, 5) is 17.5. The Morgan fingerprint density at radius 1 is 1.21 bits per heavy atom. The summed E-state index contributed by atoms with van der Waals surface area (Å²) in [7, 11) is 0. The molecule has 0 saturated carbocycles. The van der Waals surface area contributed by atoms with Gasteiger partial charge in [-0.05, 0) is 37.3 Å². The number of para-hydroxylation sites is 1. The number of halogens is 3. The van der Waals surface area contributed by atoms with Crippen LogP contribution >= 0.6 is 11.8 Å². The van der Waals surface area contributed by atoms with Crippen LogP contribution in [0.3, 0.4) is 0 Å². The van der Waals surface area contributed by atoms with Crippen LogP contribution in [0.25, 0.3) is 16.7 Å². The van der Waals surface area contributed by atoms with Crippen molar-refractivity contribution in [2.45, 2.75) is 37.2 Å². The van der Waals surface area contributed by atoms with Crippen molar-refractivity contribution in [3.05, 3.63) is 94.8 Å². The third-order valence-corrected chi connectivity index (χ3v) is 5.50. The van der Waals surface area contributed by atoms with E-state index in [4.69, 9.17) is 0 Å². The number of aromatic nitrogens is 2. The fourth-order valence-electron chi connectivity index (χ4n) is 3.25. The van der Waals surface area contributed by atoms with Crippen LogP contribution in [-0.4, -0.2) is 14.8 Å². The van der Waals surface area contributed by atoms with Crippen molar-refractivity contribution in [3.63, 3.8) is 0 Å². The summed E-state index contributed by atoms with van der Waals surface area (Å²) < 4.78 is 43.6. The predicted molar refractivity (Wildman–Crippen MR) is 130 cm³/mol. The summed E-state index contributed by atoms with van der Waals surface area (Å²) in [6.07, 6.45) is 2.20. The summed E-state index contributed by atoms with van der Waals surface area (Å²) in [5.74, 6) is 0.279. The highest BCUT2D eigenvalue weighted by atomic mass is 32.2. The minimum Gasteiger partial charge on any atom is -0.341 e. The number of nitrogens with one attached hydrogen (secondary N) is 1. The molecule has 3 rings (SSSR count). The Hall–Kier alpha value is -3.26. The molecule has 0 unspecified atom stereocenters. The van der Waals surface area contributed by atoms with Gasteiger partial charge in [-0.25, -0.2) is 4.98 Å². The zero-order valence-electron chi connectivity index (χ0n) is 18.5. The molecule has 0 aliphatic carbocycles. The van der Waals surface area contributed by atoms with Crippen molar-refractivity contribution in [2.75, 3.05) is 5.32 Å². The van der Waals surface area contributed by atoms with Crippen molar-refractivity contribution in [1.29, 1.82) is 0 Å². The molecule has 33 heavy (non-hydrogen) atoms. The number of thioether (sulfide) groups is 1. The Morgan fingerprint density at radius 2 is 1.91 bits per heavy atom. The molecule has 0 spiro atoms. The molecule has 0 fully saturated rings. The van der Waals surface area contributed by atoms with Gasteiger partial charge in [-0.15, -0.1) is 11.8 Å². The molecule has 1 N–H and O–H groups in total. The van der Waals surface area contributed by atoms with E-state index >= 15 is 0 Å². The topological polar surface area (TPSA) is 46.9 Å². The number of anilines is 1. The molecule has 2 heterocycles. The number of rotatable bonds is 7. The Morgan fingerprint density at radius 3 is 2.48 bits per heavy atom. The Bertz CT molecular complexity index is 1280. The van der Waals surface area contributed by atoms with Gasteiger partial charge in [0.25, 0.3) is 0 Å². The second-order valence-corrected chi connectivity index (χ2v) is 9.01. The summed E-state index contributed by atoms with van der Waals surface area (Å²) >= 11 is 1.21. The molecule has 4 nitrogen and oxygen atoms in total. The Kier molecular flexibility index (Phi) is 7.48. The van der Waals surface area contributed by atoms with E-state index in [9.17, 15) is 18.0 Å². The monoisotopic (exact) mass is 471 g/mol. The fourth-order valence-corrected chi connectivity index (χ4v) is 4.06. The Balaban J connectivity index is 2.46. The van der Waals surface area contributed by atoms with Crippen LogP contribution in [0.15, 0.2) is 88.9 Å². The van der Waals surface area contributed by atoms with Gasteiger partial charge in [0.05, 0.1) is 16.0 Å². The molecule has 0 radical (unpaired) electrons. The minimum atomic E-state index is -4.71. The van der Waals surface area contributed by atoms with E-state index in [1.165, 1.54) is 16.3 Å². The smallest absolute Gasteiger partial charge is 0.341 e. The first-order valence-electron chi connectivity index (χ1n) is 10.3.